The van der Waals surface area contributed by atoms with Gasteiger partial charge in [0.15, 0.2) is 17.8 Å². The van der Waals surface area contributed by atoms with Gasteiger partial charge in [-0.3, -0.25) is 0 Å². The number of hydrogen-bond acceptors (Lipinski definition) is 13. The second kappa shape index (κ2) is 8.87. The summed E-state index contributed by atoms with van der Waals surface area (Å²) in [6.07, 6.45) is -7.39. The van der Waals surface area contributed by atoms with Crippen LogP contribution in [-0.2, 0) is 23.7 Å². The number of benzene rings is 1. The summed E-state index contributed by atoms with van der Waals surface area (Å²) >= 11 is 0. The minimum Gasteiger partial charge on any atom is -0.504 e. The van der Waals surface area contributed by atoms with Crippen molar-refractivity contribution in [2.75, 3.05) is 13.2 Å². The molecule has 1 aromatic rings. The van der Waals surface area contributed by atoms with E-state index in [1.165, 1.54) is 12.3 Å². The van der Waals surface area contributed by atoms with Gasteiger partial charge in [-0.15, -0.1) is 0 Å². The van der Waals surface area contributed by atoms with Crippen LogP contribution in [0.2, 0.25) is 0 Å². The standard InChI is InChI=1S/C22H26O13/c23-6-12-14(27)15(28)16(29)21(32-12)34-20-13-9(3-4-31-20)17(18-22(13,7-24)35-18)33-19(30)8-1-2-10(25)11(26)5-8/h1-5,9,12-18,20-21,23-29H,6-7H2/t9-,12-,13?,14-,15+,16-,17+,18+,20+,21+,22-/m1/s1. The number of aromatic hydroxyl groups is 2. The number of phenolic OH excluding ortho intramolecular Hbond substituents is 2. The monoisotopic (exact) mass is 498 g/mol. The fourth-order valence-electron chi connectivity index (χ4n) is 5.13. The van der Waals surface area contributed by atoms with Gasteiger partial charge in [-0.2, -0.15) is 0 Å². The van der Waals surface area contributed by atoms with Crippen LogP contribution in [0.4, 0.5) is 0 Å². The van der Waals surface area contributed by atoms with Crippen molar-refractivity contribution in [2.24, 2.45) is 11.8 Å². The number of fused-ring (bicyclic) bond motifs is 3. The molecule has 0 amide bonds. The molecule has 1 unspecified atom stereocenters. The molecule has 0 aromatic heterocycles. The maximum Gasteiger partial charge on any atom is 0.338 e. The third-order valence-electron chi connectivity index (χ3n) is 7.05. The number of aliphatic hydroxyl groups excluding tert-OH is 5. The molecule has 1 saturated carbocycles. The van der Waals surface area contributed by atoms with E-state index in [1.54, 1.807) is 6.08 Å². The molecule has 192 valence electrons. The molecule has 13 nitrogen and oxygen atoms in total. The van der Waals surface area contributed by atoms with Crippen molar-refractivity contribution in [3.8, 4) is 11.5 Å². The van der Waals surface area contributed by atoms with Gasteiger partial charge in [0.1, 0.15) is 42.2 Å². The van der Waals surface area contributed by atoms with Crippen molar-refractivity contribution >= 4 is 5.97 Å². The molecule has 0 bridgehead atoms. The second-order valence-corrected chi connectivity index (χ2v) is 8.99. The van der Waals surface area contributed by atoms with Gasteiger partial charge in [0.2, 0.25) is 6.29 Å². The summed E-state index contributed by atoms with van der Waals surface area (Å²) in [5.41, 5.74) is -1.19. The Morgan fingerprint density at radius 3 is 2.49 bits per heavy atom. The van der Waals surface area contributed by atoms with E-state index in [4.69, 9.17) is 23.7 Å². The molecule has 1 aliphatic carbocycles. The van der Waals surface area contributed by atoms with Gasteiger partial charge >= 0.3 is 5.97 Å². The average molecular weight is 498 g/mol. The molecule has 7 N–H and O–H groups in total. The van der Waals surface area contributed by atoms with Gasteiger partial charge in [0, 0.05) is 5.92 Å². The fraction of sp³-hybridized carbons (Fsp3) is 0.591. The highest BCUT2D eigenvalue weighted by Crippen LogP contribution is 2.60. The van der Waals surface area contributed by atoms with Crippen LogP contribution in [0.3, 0.4) is 0 Å². The first-order valence-corrected chi connectivity index (χ1v) is 11.0. The van der Waals surface area contributed by atoms with Crippen molar-refractivity contribution in [3.05, 3.63) is 36.1 Å². The third-order valence-corrected chi connectivity index (χ3v) is 7.05. The van der Waals surface area contributed by atoms with E-state index in [0.29, 0.717) is 0 Å². The van der Waals surface area contributed by atoms with Gasteiger partial charge in [-0.25, -0.2) is 4.79 Å². The number of esters is 1. The van der Waals surface area contributed by atoms with Crippen LogP contribution < -0.4 is 0 Å². The maximum absolute atomic E-state index is 12.7. The highest BCUT2D eigenvalue weighted by Gasteiger charge is 2.77. The normalized spacial score (nSPS) is 43.7. The van der Waals surface area contributed by atoms with Crippen LogP contribution in [0.25, 0.3) is 0 Å². The Bertz CT molecular complexity index is 998. The highest BCUT2D eigenvalue weighted by atomic mass is 16.8. The molecule has 35 heavy (non-hydrogen) atoms. The molecule has 0 radical (unpaired) electrons. The van der Waals surface area contributed by atoms with Crippen molar-refractivity contribution in [1.29, 1.82) is 0 Å². The molecule has 3 fully saturated rings. The Morgan fingerprint density at radius 2 is 1.80 bits per heavy atom. The summed E-state index contributed by atoms with van der Waals surface area (Å²) in [4.78, 5) is 12.7. The lowest BCUT2D eigenvalue weighted by atomic mass is 9.85. The second-order valence-electron chi connectivity index (χ2n) is 8.99. The van der Waals surface area contributed by atoms with Crippen LogP contribution >= 0.6 is 0 Å². The number of aliphatic hydroxyl groups is 5. The number of carbonyl (C=O) groups is 1. The summed E-state index contributed by atoms with van der Waals surface area (Å²) in [5, 5.41) is 69.0. The first-order valence-electron chi connectivity index (χ1n) is 11.0. The largest absolute Gasteiger partial charge is 0.504 e. The molecular formula is C22H26O13. The molecule has 4 aliphatic rings. The number of rotatable bonds is 6. The van der Waals surface area contributed by atoms with Crippen LogP contribution in [0.15, 0.2) is 30.5 Å². The maximum atomic E-state index is 12.7. The Kier molecular flexibility index (Phi) is 6.14. The molecule has 11 atom stereocenters. The predicted molar refractivity (Wildman–Crippen MR) is 110 cm³/mol. The third kappa shape index (κ3) is 3.84. The zero-order valence-corrected chi connectivity index (χ0v) is 18.2. The van der Waals surface area contributed by atoms with E-state index in [1.807, 2.05) is 0 Å². The summed E-state index contributed by atoms with van der Waals surface area (Å²) < 4.78 is 28.1. The summed E-state index contributed by atoms with van der Waals surface area (Å²) in [5.74, 6) is -2.94. The van der Waals surface area contributed by atoms with Crippen LogP contribution in [-0.4, -0.2) is 110 Å². The minimum atomic E-state index is -1.67. The van der Waals surface area contributed by atoms with Gasteiger partial charge in [0.05, 0.1) is 31.0 Å². The quantitative estimate of drug-likeness (QED) is 0.125. The van der Waals surface area contributed by atoms with E-state index in [-0.39, 0.29) is 5.56 Å². The first kappa shape index (κ1) is 24.2. The van der Waals surface area contributed by atoms with Gasteiger partial charge in [-0.1, -0.05) is 0 Å². The van der Waals surface area contributed by atoms with Gasteiger partial charge in [-0.05, 0) is 24.3 Å². The number of hydrogen-bond donors (Lipinski definition) is 7. The molecule has 1 aromatic carbocycles. The van der Waals surface area contributed by atoms with Crippen LogP contribution in [0.5, 0.6) is 11.5 Å². The van der Waals surface area contributed by atoms with E-state index in [0.717, 1.165) is 12.1 Å². The summed E-state index contributed by atoms with van der Waals surface area (Å²) in [6.45, 7) is -1.10. The fourth-order valence-corrected chi connectivity index (χ4v) is 5.13. The molecule has 13 heteroatoms. The van der Waals surface area contributed by atoms with E-state index >= 15 is 0 Å². The molecule has 3 aliphatic heterocycles. The lowest BCUT2D eigenvalue weighted by Crippen LogP contribution is -2.60. The van der Waals surface area contributed by atoms with E-state index < -0.39 is 97.3 Å². The molecule has 2 saturated heterocycles. The Hall–Kier alpha value is -2.49. The SMILES string of the molecule is O=C(O[C@H]1[C@@H]2C=CO[C@@H](O[C@@H]3O[C@H](CO)[C@@H](O)[C@H](O)[C@H]3O)C2[C@@]2(CO)O[C@@H]12)c1ccc(O)c(O)c1. The van der Waals surface area contributed by atoms with Gasteiger partial charge < -0.3 is 59.4 Å². The van der Waals surface area contributed by atoms with Crippen LogP contribution in [0, 0.1) is 11.8 Å². The topological polar surface area (TPSA) is 208 Å². The number of carbonyl (C=O) groups excluding carboxylic acids is 1. The Morgan fingerprint density at radius 1 is 1.03 bits per heavy atom. The predicted octanol–water partition coefficient (Wildman–Crippen LogP) is -2.31. The first-order chi connectivity index (χ1) is 16.7. The lowest BCUT2D eigenvalue weighted by molar-refractivity contribution is -0.344. The van der Waals surface area contributed by atoms with Crippen molar-refractivity contribution in [2.45, 2.75) is 54.8 Å². The van der Waals surface area contributed by atoms with Crippen molar-refractivity contribution in [3.63, 3.8) is 0 Å². The van der Waals surface area contributed by atoms with Gasteiger partial charge in [0.25, 0.3) is 0 Å². The molecule has 0 spiro atoms. The smallest absolute Gasteiger partial charge is 0.338 e. The summed E-state index contributed by atoms with van der Waals surface area (Å²) in [7, 11) is 0. The zero-order chi connectivity index (χ0) is 25.1. The Balaban J connectivity index is 1.35. The number of phenols is 2. The molecular weight excluding hydrogens is 472 g/mol. The number of ether oxygens (including phenoxy) is 5. The van der Waals surface area contributed by atoms with Crippen LogP contribution in [0.1, 0.15) is 10.4 Å². The summed E-state index contributed by atoms with van der Waals surface area (Å²) in [6, 6.07) is 3.48. The molecule has 5 rings (SSSR count). The van der Waals surface area contributed by atoms with E-state index in [9.17, 15) is 40.5 Å². The molecule has 3 heterocycles. The van der Waals surface area contributed by atoms with E-state index in [2.05, 4.69) is 0 Å². The minimum absolute atomic E-state index is 0.0100. The zero-order valence-electron chi connectivity index (χ0n) is 18.2. The number of epoxide rings is 1. The van der Waals surface area contributed by atoms with Crippen molar-refractivity contribution in [1.82, 2.24) is 0 Å². The average Bonchev–Trinajstić information content (AvgIpc) is 3.53. The Labute approximate surface area is 198 Å². The highest BCUT2D eigenvalue weighted by molar-refractivity contribution is 5.90. The lowest BCUT2D eigenvalue weighted by Gasteiger charge is -2.43. The van der Waals surface area contributed by atoms with Crippen molar-refractivity contribution < 1.29 is 64.2 Å².